The molecule has 0 saturated heterocycles. The fraction of sp³-hybridized carbons (Fsp3) is 0.188. The smallest absolute Gasteiger partial charge is 0.255 e. The molecule has 110 valence electrons. The van der Waals surface area contributed by atoms with Gasteiger partial charge in [0.15, 0.2) is 0 Å². The number of benzene rings is 2. The summed E-state index contributed by atoms with van der Waals surface area (Å²) in [4.78, 5) is 14.0. The standard InChI is InChI=1S/C16H17ClN2O2/c1-19(10-11-5-3-4-6-14(11)17)16(20)13-8-7-12(21-2)9-15(13)18/h3-9H,10,18H2,1-2H3. The number of nitrogens with two attached hydrogens (primary N) is 1. The van der Waals surface area contributed by atoms with Gasteiger partial charge in [0.05, 0.1) is 12.7 Å². The van der Waals surface area contributed by atoms with Gasteiger partial charge in [0, 0.05) is 30.4 Å². The number of carbonyl (C=O) groups excluding carboxylic acids is 1. The van der Waals surface area contributed by atoms with Crippen molar-refractivity contribution in [3.05, 3.63) is 58.6 Å². The van der Waals surface area contributed by atoms with E-state index < -0.39 is 0 Å². The second kappa shape index (κ2) is 6.50. The number of hydrogen-bond donors (Lipinski definition) is 1. The summed E-state index contributed by atoms with van der Waals surface area (Å²) in [6, 6.07) is 12.5. The molecule has 0 spiro atoms. The lowest BCUT2D eigenvalue weighted by Gasteiger charge is -2.19. The number of nitrogen functional groups attached to an aromatic ring is 1. The Bertz CT molecular complexity index is 658. The molecule has 2 N–H and O–H groups in total. The largest absolute Gasteiger partial charge is 0.497 e. The van der Waals surface area contributed by atoms with Gasteiger partial charge >= 0.3 is 0 Å². The Morgan fingerprint density at radius 3 is 2.62 bits per heavy atom. The minimum absolute atomic E-state index is 0.157. The zero-order chi connectivity index (χ0) is 15.4. The van der Waals surface area contributed by atoms with Crippen molar-refractivity contribution in [2.24, 2.45) is 0 Å². The molecule has 0 aliphatic heterocycles. The van der Waals surface area contributed by atoms with Gasteiger partial charge in [0.2, 0.25) is 0 Å². The predicted molar refractivity (Wildman–Crippen MR) is 84.7 cm³/mol. The topological polar surface area (TPSA) is 55.6 Å². The van der Waals surface area contributed by atoms with Gasteiger partial charge in [-0.05, 0) is 23.8 Å². The number of amides is 1. The quantitative estimate of drug-likeness (QED) is 0.883. The van der Waals surface area contributed by atoms with Crippen molar-refractivity contribution in [3.63, 3.8) is 0 Å². The van der Waals surface area contributed by atoms with Gasteiger partial charge in [-0.3, -0.25) is 4.79 Å². The van der Waals surface area contributed by atoms with Gasteiger partial charge in [-0.25, -0.2) is 0 Å². The van der Waals surface area contributed by atoms with Crippen LogP contribution in [0.2, 0.25) is 5.02 Å². The fourth-order valence-electron chi connectivity index (χ4n) is 2.02. The predicted octanol–water partition coefficient (Wildman–Crippen LogP) is 3.20. The highest BCUT2D eigenvalue weighted by molar-refractivity contribution is 6.31. The molecule has 0 fully saturated rings. The Hall–Kier alpha value is -2.20. The van der Waals surface area contributed by atoms with Crippen molar-refractivity contribution in [2.45, 2.75) is 6.54 Å². The minimum Gasteiger partial charge on any atom is -0.497 e. The monoisotopic (exact) mass is 304 g/mol. The lowest BCUT2D eigenvalue weighted by Crippen LogP contribution is -2.27. The number of carbonyl (C=O) groups is 1. The number of anilines is 1. The third kappa shape index (κ3) is 3.47. The lowest BCUT2D eigenvalue weighted by molar-refractivity contribution is 0.0786. The highest BCUT2D eigenvalue weighted by Gasteiger charge is 2.16. The minimum atomic E-state index is -0.157. The third-order valence-electron chi connectivity index (χ3n) is 3.20. The van der Waals surface area contributed by atoms with Crippen molar-refractivity contribution >= 4 is 23.2 Å². The Kier molecular flexibility index (Phi) is 4.70. The van der Waals surface area contributed by atoms with Gasteiger partial charge in [-0.1, -0.05) is 29.8 Å². The van der Waals surface area contributed by atoms with Crippen molar-refractivity contribution in [1.29, 1.82) is 0 Å². The van der Waals surface area contributed by atoms with E-state index in [0.717, 1.165) is 5.56 Å². The van der Waals surface area contributed by atoms with Crippen LogP contribution in [0.25, 0.3) is 0 Å². The van der Waals surface area contributed by atoms with E-state index in [2.05, 4.69) is 0 Å². The zero-order valence-corrected chi connectivity index (χ0v) is 12.7. The highest BCUT2D eigenvalue weighted by atomic mass is 35.5. The highest BCUT2D eigenvalue weighted by Crippen LogP contribution is 2.22. The van der Waals surface area contributed by atoms with Crippen LogP contribution in [0, 0.1) is 0 Å². The van der Waals surface area contributed by atoms with Crippen molar-refractivity contribution in [1.82, 2.24) is 4.90 Å². The normalized spacial score (nSPS) is 10.2. The molecule has 21 heavy (non-hydrogen) atoms. The maximum atomic E-state index is 12.4. The van der Waals surface area contributed by atoms with E-state index in [9.17, 15) is 4.79 Å². The first-order valence-electron chi connectivity index (χ1n) is 6.45. The molecule has 0 bridgehead atoms. The van der Waals surface area contributed by atoms with E-state index >= 15 is 0 Å². The van der Waals surface area contributed by atoms with Gasteiger partial charge < -0.3 is 15.4 Å². The molecule has 1 amide bonds. The molecule has 4 nitrogen and oxygen atoms in total. The van der Waals surface area contributed by atoms with Crippen LogP contribution in [-0.4, -0.2) is 25.0 Å². The second-order valence-corrected chi connectivity index (χ2v) is 5.11. The summed E-state index contributed by atoms with van der Waals surface area (Å²) in [7, 11) is 3.27. The summed E-state index contributed by atoms with van der Waals surface area (Å²) in [5, 5.41) is 0.639. The summed E-state index contributed by atoms with van der Waals surface area (Å²) in [6.45, 7) is 0.421. The lowest BCUT2D eigenvalue weighted by atomic mass is 10.1. The summed E-state index contributed by atoms with van der Waals surface area (Å²) in [5.41, 5.74) is 7.64. The molecular weight excluding hydrogens is 288 g/mol. The van der Waals surface area contributed by atoms with E-state index in [-0.39, 0.29) is 5.91 Å². The average molecular weight is 305 g/mol. The zero-order valence-electron chi connectivity index (χ0n) is 12.0. The molecule has 2 aromatic rings. The van der Waals surface area contributed by atoms with E-state index in [1.807, 2.05) is 18.2 Å². The summed E-state index contributed by atoms with van der Waals surface area (Å²) >= 11 is 6.11. The molecular formula is C16H17ClN2O2. The van der Waals surface area contributed by atoms with Gasteiger partial charge in [-0.2, -0.15) is 0 Å². The van der Waals surface area contributed by atoms with Crippen molar-refractivity contribution in [2.75, 3.05) is 19.9 Å². The van der Waals surface area contributed by atoms with E-state index in [0.29, 0.717) is 28.6 Å². The van der Waals surface area contributed by atoms with Crippen molar-refractivity contribution < 1.29 is 9.53 Å². The summed E-state index contributed by atoms with van der Waals surface area (Å²) < 4.78 is 5.08. The molecule has 0 aromatic heterocycles. The Balaban J connectivity index is 2.18. The third-order valence-corrected chi connectivity index (χ3v) is 3.57. The number of methoxy groups -OCH3 is 1. The molecule has 2 aromatic carbocycles. The number of nitrogens with zero attached hydrogens (tertiary/aromatic N) is 1. The Morgan fingerprint density at radius 2 is 2.00 bits per heavy atom. The molecule has 0 aliphatic rings. The molecule has 0 radical (unpaired) electrons. The summed E-state index contributed by atoms with van der Waals surface area (Å²) in [5.74, 6) is 0.466. The van der Waals surface area contributed by atoms with Crippen LogP contribution in [-0.2, 0) is 6.54 Å². The Labute approximate surface area is 129 Å². The number of rotatable bonds is 4. The maximum Gasteiger partial charge on any atom is 0.255 e. The van der Waals surface area contributed by atoms with E-state index in [4.69, 9.17) is 22.1 Å². The van der Waals surface area contributed by atoms with Crippen LogP contribution in [0.4, 0.5) is 5.69 Å². The molecule has 0 aliphatic carbocycles. The molecule has 0 unspecified atom stereocenters. The fourth-order valence-corrected chi connectivity index (χ4v) is 2.22. The number of ether oxygens (including phenoxy) is 1. The second-order valence-electron chi connectivity index (χ2n) is 4.71. The number of hydrogen-bond acceptors (Lipinski definition) is 3. The molecule has 0 atom stereocenters. The average Bonchev–Trinajstić information content (AvgIpc) is 2.48. The van der Waals surface area contributed by atoms with Crippen LogP contribution in [0.1, 0.15) is 15.9 Å². The molecule has 5 heteroatoms. The van der Waals surface area contributed by atoms with Crippen molar-refractivity contribution in [3.8, 4) is 5.75 Å². The molecule has 2 rings (SSSR count). The first-order chi connectivity index (χ1) is 10.0. The first-order valence-corrected chi connectivity index (χ1v) is 6.83. The number of halogens is 1. The van der Waals surface area contributed by atoms with E-state index in [1.54, 1.807) is 43.3 Å². The van der Waals surface area contributed by atoms with Crippen LogP contribution in [0.15, 0.2) is 42.5 Å². The van der Waals surface area contributed by atoms with Gasteiger partial charge in [0.1, 0.15) is 5.75 Å². The summed E-state index contributed by atoms with van der Waals surface area (Å²) in [6.07, 6.45) is 0. The van der Waals surface area contributed by atoms with Gasteiger partial charge in [0.25, 0.3) is 5.91 Å². The van der Waals surface area contributed by atoms with Crippen LogP contribution < -0.4 is 10.5 Å². The van der Waals surface area contributed by atoms with Crippen LogP contribution >= 0.6 is 11.6 Å². The van der Waals surface area contributed by atoms with Crippen LogP contribution in [0.5, 0.6) is 5.75 Å². The van der Waals surface area contributed by atoms with E-state index in [1.165, 1.54) is 0 Å². The first kappa shape index (κ1) is 15.2. The Morgan fingerprint density at radius 1 is 1.29 bits per heavy atom. The maximum absolute atomic E-state index is 12.4. The SMILES string of the molecule is COc1ccc(C(=O)N(C)Cc2ccccc2Cl)c(N)c1. The molecule has 0 saturated carbocycles. The van der Waals surface area contributed by atoms with Gasteiger partial charge in [-0.15, -0.1) is 0 Å². The van der Waals surface area contributed by atoms with Crippen LogP contribution in [0.3, 0.4) is 0 Å². The molecule has 0 heterocycles.